The average molecular weight is 317 g/mol. The van der Waals surface area contributed by atoms with Gasteiger partial charge in [0.05, 0.1) is 5.75 Å². The van der Waals surface area contributed by atoms with Gasteiger partial charge in [-0.05, 0) is 45.1 Å². The summed E-state index contributed by atoms with van der Waals surface area (Å²) in [6, 6.07) is 0.0971. The van der Waals surface area contributed by atoms with Crippen LogP contribution < -0.4 is 11.1 Å². The van der Waals surface area contributed by atoms with Crippen LogP contribution in [0.5, 0.6) is 0 Å². The molecule has 2 atom stereocenters. The van der Waals surface area contributed by atoms with Gasteiger partial charge in [-0.1, -0.05) is 6.42 Å². The Morgan fingerprint density at radius 2 is 1.90 bits per heavy atom. The Bertz CT molecular complexity index is 458. The van der Waals surface area contributed by atoms with E-state index in [2.05, 4.69) is 5.32 Å². The summed E-state index contributed by atoms with van der Waals surface area (Å²) in [6.07, 6.45) is 4.45. The molecule has 1 saturated carbocycles. The highest BCUT2D eigenvalue weighted by Crippen LogP contribution is 2.31. The van der Waals surface area contributed by atoms with Crippen molar-refractivity contribution in [3.05, 3.63) is 0 Å². The lowest BCUT2D eigenvalue weighted by molar-refractivity contribution is -0.126. The summed E-state index contributed by atoms with van der Waals surface area (Å²) in [5, 5.41) is 3.10. The van der Waals surface area contributed by atoms with Crippen LogP contribution in [0, 0.1) is 11.8 Å². The Kier molecular flexibility index (Phi) is 5.62. The smallest absolute Gasteiger partial charge is 0.223 e. The lowest BCUT2D eigenvalue weighted by atomic mass is 9.94. The van der Waals surface area contributed by atoms with E-state index in [1.165, 1.54) is 4.31 Å². The first kappa shape index (κ1) is 16.7. The molecule has 1 aliphatic carbocycles. The summed E-state index contributed by atoms with van der Waals surface area (Å²) in [7, 11) is -3.10. The second-order valence-corrected chi connectivity index (χ2v) is 8.37. The van der Waals surface area contributed by atoms with Crippen LogP contribution in [0.1, 0.15) is 39.0 Å². The van der Waals surface area contributed by atoms with Crippen LogP contribution in [-0.4, -0.2) is 50.1 Å². The molecule has 0 unspecified atom stereocenters. The number of sulfonamides is 1. The zero-order chi connectivity index (χ0) is 15.5. The van der Waals surface area contributed by atoms with E-state index in [-0.39, 0.29) is 23.6 Å². The number of nitrogens with two attached hydrogens (primary N) is 1. The number of carbonyl (C=O) groups excluding carboxylic acids is 1. The Hall–Kier alpha value is -0.660. The summed E-state index contributed by atoms with van der Waals surface area (Å²) in [4.78, 5) is 12.3. The molecule has 2 rings (SSSR count). The van der Waals surface area contributed by atoms with E-state index in [9.17, 15) is 13.2 Å². The molecule has 0 aromatic rings. The predicted octanol–water partition coefficient (Wildman–Crippen LogP) is 0.292. The van der Waals surface area contributed by atoms with Gasteiger partial charge >= 0.3 is 0 Å². The summed E-state index contributed by atoms with van der Waals surface area (Å²) in [5.41, 5.74) is 5.72. The molecule has 122 valence electrons. The molecule has 6 nitrogen and oxygen atoms in total. The van der Waals surface area contributed by atoms with E-state index in [1.807, 2.05) is 0 Å². The van der Waals surface area contributed by atoms with Crippen LogP contribution in [-0.2, 0) is 14.8 Å². The number of amides is 1. The quantitative estimate of drug-likeness (QED) is 0.762. The fraction of sp³-hybridized carbons (Fsp3) is 0.929. The van der Waals surface area contributed by atoms with Gasteiger partial charge in [-0.25, -0.2) is 12.7 Å². The first-order valence-electron chi connectivity index (χ1n) is 7.96. The van der Waals surface area contributed by atoms with Gasteiger partial charge < -0.3 is 11.1 Å². The maximum absolute atomic E-state index is 12.3. The number of carbonyl (C=O) groups is 1. The van der Waals surface area contributed by atoms with Crippen molar-refractivity contribution >= 4 is 15.9 Å². The fourth-order valence-corrected chi connectivity index (χ4v) is 4.57. The van der Waals surface area contributed by atoms with Crippen molar-refractivity contribution in [2.75, 3.05) is 25.4 Å². The van der Waals surface area contributed by atoms with Gasteiger partial charge in [0.25, 0.3) is 0 Å². The highest BCUT2D eigenvalue weighted by atomic mass is 32.2. The topological polar surface area (TPSA) is 92.5 Å². The molecule has 3 N–H and O–H groups in total. The van der Waals surface area contributed by atoms with Crippen molar-refractivity contribution in [3.63, 3.8) is 0 Å². The summed E-state index contributed by atoms with van der Waals surface area (Å²) in [5.74, 6) is 0.613. The van der Waals surface area contributed by atoms with E-state index < -0.39 is 10.0 Å². The lowest BCUT2D eigenvalue weighted by Crippen LogP contribution is -2.48. The van der Waals surface area contributed by atoms with Gasteiger partial charge in [-0.15, -0.1) is 0 Å². The summed E-state index contributed by atoms with van der Waals surface area (Å²) >= 11 is 0. The molecule has 0 radical (unpaired) electrons. The molecule has 0 aromatic heterocycles. The largest absolute Gasteiger partial charge is 0.353 e. The predicted molar refractivity (Wildman–Crippen MR) is 82.1 cm³/mol. The number of nitrogens with one attached hydrogen (secondary N) is 1. The van der Waals surface area contributed by atoms with Gasteiger partial charge in [0, 0.05) is 25.0 Å². The molecule has 1 aliphatic heterocycles. The van der Waals surface area contributed by atoms with E-state index >= 15 is 0 Å². The molecule has 0 spiro atoms. The third-order valence-corrected chi connectivity index (χ3v) is 6.74. The van der Waals surface area contributed by atoms with Crippen molar-refractivity contribution in [1.82, 2.24) is 9.62 Å². The van der Waals surface area contributed by atoms with Crippen molar-refractivity contribution < 1.29 is 13.2 Å². The highest BCUT2D eigenvalue weighted by Gasteiger charge is 2.34. The monoisotopic (exact) mass is 317 g/mol. The second kappa shape index (κ2) is 7.07. The van der Waals surface area contributed by atoms with Crippen molar-refractivity contribution in [2.24, 2.45) is 17.6 Å². The van der Waals surface area contributed by atoms with Crippen LogP contribution in [0.3, 0.4) is 0 Å². The minimum absolute atomic E-state index is 0.0485. The van der Waals surface area contributed by atoms with Crippen LogP contribution in [0.25, 0.3) is 0 Å². The molecular weight excluding hydrogens is 290 g/mol. The zero-order valence-electron chi connectivity index (χ0n) is 12.8. The maximum atomic E-state index is 12.3. The fourth-order valence-electron chi connectivity index (χ4n) is 3.43. The first-order valence-corrected chi connectivity index (χ1v) is 9.57. The molecule has 1 heterocycles. The second-order valence-electron chi connectivity index (χ2n) is 6.12. The molecule has 2 aliphatic rings. The molecule has 0 aromatic carbocycles. The van der Waals surface area contributed by atoms with Crippen molar-refractivity contribution in [1.29, 1.82) is 0 Å². The minimum atomic E-state index is -3.10. The normalized spacial score (nSPS) is 28.7. The Morgan fingerprint density at radius 1 is 1.24 bits per heavy atom. The molecular formula is C14H27N3O3S. The van der Waals surface area contributed by atoms with Gasteiger partial charge in [-0.3, -0.25) is 4.79 Å². The van der Waals surface area contributed by atoms with Crippen LogP contribution in [0.4, 0.5) is 0 Å². The molecule has 2 fully saturated rings. The molecule has 7 heteroatoms. The molecule has 21 heavy (non-hydrogen) atoms. The number of nitrogens with zero attached hydrogens (tertiary/aromatic N) is 1. The van der Waals surface area contributed by atoms with Gasteiger partial charge in [0.1, 0.15) is 0 Å². The van der Waals surface area contributed by atoms with Crippen molar-refractivity contribution in [3.8, 4) is 0 Å². The number of hydrogen-bond acceptors (Lipinski definition) is 4. The molecule has 1 amide bonds. The lowest BCUT2D eigenvalue weighted by Gasteiger charge is -2.32. The summed E-state index contributed by atoms with van der Waals surface area (Å²) < 4.78 is 25.1. The third-order valence-electron chi connectivity index (χ3n) is 4.86. The van der Waals surface area contributed by atoms with E-state index in [0.29, 0.717) is 38.4 Å². The minimum Gasteiger partial charge on any atom is -0.353 e. The Morgan fingerprint density at radius 3 is 2.48 bits per heavy atom. The molecule has 0 bridgehead atoms. The molecule has 1 saturated heterocycles. The highest BCUT2D eigenvalue weighted by molar-refractivity contribution is 7.89. The Balaban J connectivity index is 1.82. The standard InChI is InChI=1S/C14H27N3O3S/c1-2-21(19,20)17-8-6-12(7-9-17)16-14(18)13-5-3-4-11(13)10-15/h11-13H,2-10,15H2,1H3,(H,16,18)/t11-,13-/m1/s1. The Labute approximate surface area is 127 Å². The average Bonchev–Trinajstić information content (AvgIpc) is 2.96. The van der Waals surface area contributed by atoms with Crippen LogP contribution in [0.2, 0.25) is 0 Å². The maximum Gasteiger partial charge on any atom is 0.223 e. The van der Waals surface area contributed by atoms with E-state index in [1.54, 1.807) is 6.92 Å². The number of rotatable bonds is 5. The SMILES string of the molecule is CCS(=O)(=O)N1CCC(NC(=O)[C@@H]2CCC[C@@H]2CN)CC1. The van der Waals surface area contributed by atoms with E-state index in [0.717, 1.165) is 19.3 Å². The first-order chi connectivity index (χ1) is 9.97. The third kappa shape index (κ3) is 3.96. The van der Waals surface area contributed by atoms with Crippen LogP contribution >= 0.6 is 0 Å². The summed E-state index contributed by atoms with van der Waals surface area (Å²) in [6.45, 7) is 3.25. The van der Waals surface area contributed by atoms with Gasteiger partial charge in [0.2, 0.25) is 15.9 Å². The van der Waals surface area contributed by atoms with E-state index in [4.69, 9.17) is 5.73 Å². The number of hydrogen-bond donors (Lipinski definition) is 2. The van der Waals surface area contributed by atoms with Gasteiger partial charge in [0.15, 0.2) is 0 Å². The number of piperidine rings is 1. The van der Waals surface area contributed by atoms with Gasteiger partial charge in [-0.2, -0.15) is 0 Å². The zero-order valence-corrected chi connectivity index (χ0v) is 13.6. The van der Waals surface area contributed by atoms with Crippen LogP contribution in [0.15, 0.2) is 0 Å². The van der Waals surface area contributed by atoms with Crippen molar-refractivity contribution in [2.45, 2.75) is 45.1 Å².